The summed E-state index contributed by atoms with van der Waals surface area (Å²) in [6.07, 6.45) is 13.5. The third-order valence-corrected chi connectivity index (χ3v) is 21.0. The highest BCUT2D eigenvalue weighted by atomic mass is 16.6. The quantitative estimate of drug-likeness (QED) is 0.0637. The molecule has 15 atom stereocenters. The number of anilines is 1. The number of nitrogens with one attached hydrogen (secondary N) is 1. The van der Waals surface area contributed by atoms with Crippen LogP contribution in [0.25, 0.3) is 0 Å². The van der Waals surface area contributed by atoms with Crippen molar-refractivity contribution in [3.63, 3.8) is 0 Å². The molecule has 6 fully saturated rings. The van der Waals surface area contributed by atoms with Gasteiger partial charge in [-0.15, -0.1) is 0 Å². The van der Waals surface area contributed by atoms with Crippen LogP contribution in [0.3, 0.4) is 0 Å². The molecule has 5 aliphatic carbocycles. The molecule has 3 aromatic carbocycles. The lowest BCUT2D eigenvalue weighted by Crippen LogP contribution is -2.65. The van der Waals surface area contributed by atoms with Crippen LogP contribution in [-0.2, 0) is 49.7 Å². The SMILES string of the molecule is C[C@@](O)(CNc1cc(CO)cc([C@H]2C#C[C@@H]3CC(=O)Oc4c3cc(c(O)c4C3CCCCC3)C[C@H]3OC(=O)/C(=C\[C@H](O)Cc4cccc(c4)C[C@@H]4C(=O)CC[C@@H]5[C@@H]4C[C@@H]4CCCC[C@H]4[C@]53O)C2)c1)[C@H](O)[C@H]1CC[C@@H]2CCCC[C@@H]2O1. The first kappa shape index (κ1) is 55.5. The largest absolute Gasteiger partial charge is 0.507 e. The number of benzene rings is 3. The fourth-order valence-corrected chi connectivity index (χ4v) is 17.0. The molecule has 0 amide bonds. The van der Waals surface area contributed by atoms with Gasteiger partial charge in [-0.25, -0.2) is 4.79 Å². The maximum atomic E-state index is 15.8. The number of carbonyl (C=O) groups excluding carboxylic acids is 3. The second-order valence-electron chi connectivity index (χ2n) is 26.2. The smallest absolute Gasteiger partial charge is 0.334 e. The van der Waals surface area contributed by atoms with Crippen molar-refractivity contribution < 1.29 is 59.2 Å². The Kier molecular flexibility index (Phi) is 15.9. The van der Waals surface area contributed by atoms with Crippen LogP contribution in [0.5, 0.6) is 11.5 Å². The number of aromatic hydroxyl groups is 1. The zero-order valence-corrected chi connectivity index (χ0v) is 46.6. The molecule has 1 saturated heterocycles. The monoisotopic (exact) mass is 1090 g/mol. The predicted octanol–water partition coefficient (Wildman–Crippen LogP) is 9.47. The molecule has 13 nitrogen and oxygen atoms in total. The van der Waals surface area contributed by atoms with Crippen molar-refractivity contribution in [3.05, 3.63) is 99.1 Å². The van der Waals surface area contributed by atoms with Gasteiger partial charge in [0.25, 0.3) is 0 Å². The van der Waals surface area contributed by atoms with Crippen LogP contribution >= 0.6 is 0 Å². The number of fused-ring (bicyclic) bond motifs is 10. The van der Waals surface area contributed by atoms with Crippen LogP contribution in [0.15, 0.2) is 60.2 Å². The summed E-state index contributed by atoms with van der Waals surface area (Å²) in [6, 6.07) is 15.3. The number of carbonyl (C=O) groups is 3. The van der Waals surface area contributed by atoms with Crippen molar-refractivity contribution in [2.24, 2.45) is 35.5 Å². The number of phenolic OH excluding ortho intramolecular Hbond substituents is 1. The van der Waals surface area contributed by atoms with Gasteiger partial charge in [0.2, 0.25) is 0 Å². The lowest BCUT2D eigenvalue weighted by molar-refractivity contribution is -0.228. The van der Waals surface area contributed by atoms with E-state index < -0.39 is 65.3 Å². The normalized spacial score (nSPS) is 35.4. The third-order valence-electron chi connectivity index (χ3n) is 21.0. The molecule has 0 spiro atoms. The molecule has 4 aliphatic heterocycles. The summed E-state index contributed by atoms with van der Waals surface area (Å²) in [6.45, 7) is 1.20. The Morgan fingerprint density at radius 1 is 0.800 bits per heavy atom. The van der Waals surface area contributed by atoms with Gasteiger partial charge in [0.1, 0.15) is 40.7 Å². The number of hydrogen-bond acceptors (Lipinski definition) is 13. The number of ketones is 1. The fourth-order valence-electron chi connectivity index (χ4n) is 17.0. The average Bonchev–Trinajstić information content (AvgIpc) is 3.54. The first-order chi connectivity index (χ1) is 38.6. The van der Waals surface area contributed by atoms with E-state index in [2.05, 4.69) is 23.2 Å². The van der Waals surface area contributed by atoms with Crippen molar-refractivity contribution in [2.45, 2.75) is 221 Å². The van der Waals surface area contributed by atoms with Crippen molar-refractivity contribution in [1.82, 2.24) is 0 Å². The van der Waals surface area contributed by atoms with E-state index in [4.69, 9.17) is 14.2 Å². The fraction of sp³-hybridized carbons (Fsp3) is 0.627. The summed E-state index contributed by atoms with van der Waals surface area (Å²) in [5, 5.41) is 77.2. The van der Waals surface area contributed by atoms with Crippen LogP contribution in [0.1, 0.15) is 192 Å². The molecule has 0 radical (unpaired) electrons. The van der Waals surface area contributed by atoms with Gasteiger partial charge in [0.05, 0.1) is 37.3 Å². The molecular weight excluding hydrogens is 1010 g/mol. The van der Waals surface area contributed by atoms with E-state index in [0.717, 1.165) is 101 Å². The number of hydrogen-bond donors (Lipinski definition) is 7. The number of Topliss-reactive ketones (excluding diaryl/α,β-unsaturated/α-hetero) is 1. The second-order valence-corrected chi connectivity index (χ2v) is 26.2. The van der Waals surface area contributed by atoms with Gasteiger partial charge >= 0.3 is 11.9 Å². The Morgan fingerprint density at radius 2 is 1.55 bits per heavy atom. The van der Waals surface area contributed by atoms with Gasteiger partial charge in [-0.2, -0.15) is 0 Å². The van der Waals surface area contributed by atoms with Crippen molar-refractivity contribution in [1.29, 1.82) is 0 Å². The third kappa shape index (κ3) is 10.9. The van der Waals surface area contributed by atoms with Gasteiger partial charge in [-0.05, 0) is 165 Å². The van der Waals surface area contributed by atoms with Gasteiger partial charge in [-0.1, -0.05) is 93.5 Å². The lowest BCUT2D eigenvalue weighted by atomic mass is 9.48. The molecule has 0 unspecified atom stereocenters. The van der Waals surface area contributed by atoms with Gasteiger partial charge in [0.15, 0.2) is 0 Å². The van der Waals surface area contributed by atoms with Crippen LogP contribution in [0, 0.1) is 47.3 Å². The number of esters is 2. The van der Waals surface area contributed by atoms with Gasteiger partial charge in [-0.3, -0.25) is 9.59 Å². The minimum atomic E-state index is -1.62. The molecule has 80 heavy (non-hydrogen) atoms. The van der Waals surface area contributed by atoms with Crippen LogP contribution < -0.4 is 10.1 Å². The van der Waals surface area contributed by atoms with E-state index in [1.54, 1.807) is 19.1 Å². The second kappa shape index (κ2) is 22.9. The summed E-state index contributed by atoms with van der Waals surface area (Å²) in [5.74, 6) is 4.01. The van der Waals surface area contributed by atoms with E-state index in [1.165, 1.54) is 6.42 Å². The van der Waals surface area contributed by atoms with Crippen molar-refractivity contribution in [2.75, 3.05) is 11.9 Å². The van der Waals surface area contributed by atoms with E-state index in [1.807, 2.05) is 36.4 Å². The molecule has 10 bridgehead atoms. The zero-order chi connectivity index (χ0) is 55.5. The first-order valence-corrected chi connectivity index (χ1v) is 30.7. The van der Waals surface area contributed by atoms with E-state index in [-0.39, 0.29) is 98.1 Å². The molecule has 428 valence electrons. The predicted molar refractivity (Wildman–Crippen MR) is 301 cm³/mol. The molecule has 7 N–H and O–H groups in total. The number of aliphatic hydroxyl groups excluding tert-OH is 3. The number of phenols is 1. The summed E-state index contributed by atoms with van der Waals surface area (Å²) in [7, 11) is 0. The van der Waals surface area contributed by atoms with Crippen LogP contribution in [0.4, 0.5) is 5.69 Å². The maximum absolute atomic E-state index is 15.8. The summed E-state index contributed by atoms with van der Waals surface area (Å²) < 4.78 is 19.7. The molecule has 9 aliphatic rings. The first-order valence-electron chi connectivity index (χ1n) is 30.7. The molecule has 0 aromatic heterocycles. The molecule has 4 heterocycles. The zero-order valence-electron chi connectivity index (χ0n) is 46.6. The highest BCUT2D eigenvalue weighted by Crippen LogP contribution is 2.59. The lowest BCUT2D eigenvalue weighted by Gasteiger charge is -2.59. The van der Waals surface area contributed by atoms with Crippen LogP contribution in [0.2, 0.25) is 0 Å². The minimum Gasteiger partial charge on any atom is -0.507 e. The molecule has 3 aromatic rings. The Balaban J connectivity index is 0.992. The Morgan fingerprint density at radius 3 is 2.36 bits per heavy atom. The Hall–Kier alpha value is -5.07. The highest BCUT2D eigenvalue weighted by Gasteiger charge is 2.62. The minimum absolute atomic E-state index is 0.0217. The molecule has 13 heteroatoms. The van der Waals surface area contributed by atoms with Gasteiger partial charge < -0.3 is 50.2 Å². The number of rotatable bonds is 8. The highest BCUT2D eigenvalue weighted by molar-refractivity contribution is 5.89. The average molecular weight is 1090 g/mol. The Labute approximate surface area is 471 Å². The van der Waals surface area contributed by atoms with Crippen molar-refractivity contribution >= 4 is 23.4 Å². The van der Waals surface area contributed by atoms with E-state index in [0.29, 0.717) is 64.4 Å². The summed E-state index contributed by atoms with van der Waals surface area (Å²) >= 11 is 0. The molecule has 12 rings (SSSR count). The van der Waals surface area contributed by atoms with Gasteiger partial charge in [0, 0.05) is 60.0 Å². The standard InChI is InChI=1S/C67H83NO12/c1-66(76,64(74)58-23-20-41-12-6-8-17-57(41)78-58)37-68-49-26-40(36-69)25-46(30-49)43-18-19-44-35-60(72)80-63-51(44)33-47(62(73)61(63)42-13-3-2-4-14-42)34-59-67(77)54-16-7-5-15-45(54)32-52-53(56(71)22-21-55(52)67)28-39-11-9-10-38(24-39)27-50(70)31-48(29-43)65(75)79-59/h9-11,24-26,30-31,33,41-45,50,52-55,57-59,64,68-70,73-74,76-77H,2-8,12-17,20-23,27-29,32,34-37H2,1H3/b48-31-/t41-,43-,44+,45-,50+,52+,53-,54+,55+,57-,58+,59+,64+,66+,67-/m0/s1. The topological polar surface area (TPSA) is 212 Å². The van der Waals surface area contributed by atoms with E-state index in [9.17, 15) is 40.2 Å². The summed E-state index contributed by atoms with van der Waals surface area (Å²) in [5.41, 5.74) is 2.08. The molecule has 5 saturated carbocycles. The van der Waals surface area contributed by atoms with Crippen molar-refractivity contribution in [3.8, 4) is 23.3 Å². The van der Waals surface area contributed by atoms with E-state index >= 15 is 4.79 Å². The molecular formula is C67H83NO12. The number of ether oxygens (including phenoxy) is 3. The van der Waals surface area contributed by atoms with Crippen LogP contribution in [-0.4, -0.2) is 96.6 Å². The Bertz CT molecular complexity index is 2930. The number of aliphatic hydroxyl groups is 5. The maximum Gasteiger partial charge on any atom is 0.334 e. The summed E-state index contributed by atoms with van der Waals surface area (Å²) in [4.78, 5) is 44.1.